The summed E-state index contributed by atoms with van der Waals surface area (Å²) >= 11 is 5.97. The predicted molar refractivity (Wildman–Crippen MR) is 133 cm³/mol. The predicted octanol–water partition coefficient (Wildman–Crippen LogP) is 5.30. The van der Waals surface area contributed by atoms with Gasteiger partial charge >= 0.3 is 12.1 Å². The van der Waals surface area contributed by atoms with Gasteiger partial charge in [0.2, 0.25) is 0 Å². The van der Waals surface area contributed by atoms with Crippen LogP contribution in [-0.4, -0.2) is 40.6 Å². The van der Waals surface area contributed by atoms with Crippen LogP contribution < -0.4 is 15.4 Å². The van der Waals surface area contributed by atoms with Crippen LogP contribution in [0.15, 0.2) is 78.0 Å². The highest BCUT2D eigenvalue weighted by molar-refractivity contribution is 6.30. The van der Waals surface area contributed by atoms with Crippen molar-refractivity contribution in [3.05, 3.63) is 94.1 Å². The summed E-state index contributed by atoms with van der Waals surface area (Å²) < 4.78 is 18.8. The quantitative estimate of drug-likeness (QED) is 0.366. The SMILES string of the molecule is O=NC(=O)CCN1C(=O)NC(Nc2ccc(Oc3ccc(F)cc3)cc2)N(Cc2ccc(Cl)cc2)C1=O. The molecule has 3 aromatic rings. The molecular formula is C25H21ClFN5O5. The van der Waals surface area contributed by atoms with Gasteiger partial charge in [-0.15, -0.1) is 4.91 Å². The third-order valence-corrected chi connectivity index (χ3v) is 5.67. The van der Waals surface area contributed by atoms with Crippen LogP contribution >= 0.6 is 11.6 Å². The van der Waals surface area contributed by atoms with Gasteiger partial charge in [0, 0.05) is 22.4 Å². The normalized spacial score (nSPS) is 15.2. The third-order valence-electron chi connectivity index (χ3n) is 5.42. The van der Waals surface area contributed by atoms with Crippen LogP contribution in [0.2, 0.25) is 5.02 Å². The van der Waals surface area contributed by atoms with Crippen molar-refractivity contribution in [3.63, 3.8) is 0 Å². The molecule has 1 saturated heterocycles. The molecular weight excluding hydrogens is 505 g/mol. The molecule has 0 aliphatic carbocycles. The number of imide groups is 1. The van der Waals surface area contributed by atoms with Crippen molar-refractivity contribution in [1.29, 1.82) is 0 Å². The van der Waals surface area contributed by atoms with Crippen LogP contribution in [-0.2, 0) is 11.3 Å². The lowest BCUT2D eigenvalue weighted by Crippen LogP contribution is -2.67. The van der Waals surface area contributed by atoms with E-state index in [1.54, 1.807) is 48.5 Å². The zero-order chi connectivity index (χ0) is 26.4. The zero-order valence-electron chi connectivity index (χ0n) is 19.3. The van der Waals surface area contributed by atoms with E-state index in [1.807, 2.05) is 0 Å². The fourth-order valence-electron chi connectivity index (χ4n) is 3.55. The number of benzene rings is 3. The molecule has 190 valence electrons. The van der Waals surface area contributed by atoms with Crippen LogP contribution in [0.25, 0.3) is 0 Å². The van der Waals surface area contributed by atoms with Crippen LogP contribution in [0.3, 0.4) is 0 Å². The Labute approximate surface area is 215 Å². The summed E-state index contributed by atoms with van der Waals surface area (Å²) in [6.07, 6.45) is -1.32. The average molecular weight is 526 g/mol. The zero-order valence-corrected chi connectivity index (χ0v) is 20.0. The number of carbonyl (C=O) groups is 3. The summed E-state index contributed by atoms with van der Waals surface area (Å²) in [6, 6.07) is 17.8. The number of carbonyl (C=O) groups excluding carboxylic acids is 3. The monoisotopic (exact) mass is 525 g/mol. The van der Waals surface area contributed by atoms with Crippen LogP contribution in [0.1, 0.15) is 12.0 Å². The number of nitroso groups, excluding NO2 is 1. The van der Waals surface area contributed by atoms with E-state index in [0.717, 1.165) is 10.5 Å². The second-order valence-electron chi connectivity index (χ2n) is 8.00. The standard InChI is InChI=1S/C25H21ClFN5O5/c26-17-3-1-16(2-4-17)15-32-23(29-24(34)31(25(32)35)14-13-22(33)30-36)28-19-7-11-21(12-8-19)37-20-9-5-18(27)6-10-20/h1-12,23,28H,13-15H2,(H,29,34). The summed E-state index contributed by atoms with van der Waals surface area (Å²) in [7, 11) is 0. The van der Waals surface area contributed by atoms with Crippen molar-refractivity contribution in [2.75, 3.05) is 11.9 Å². The van der Waals surface area contributed by atoms with E-state index in [0.29, 0.717) is 22.2 Å². The summed E-state index contributed by atoms with van der Waals surface area (Å²) in [4.78, 5) is 49.9. The minimum atomic E-state index is -0.965. The first-order valence-corrected chi connectivity index (χ1v) is 11.5. The van der Waals surface area contributed by atoms with E-state index in [4.69, 9.17) is 16.3 Å². The number of ether oxygens (including phenoxy) is 1. The highest BCUT2D eigenvalue weighted by Gasteiger charge is 2.38. The first kappa shape index (κ1) is 25.6. The van der Waals surface area contributed by atoms with Gasteiger partial charge in [-0.3, -0.25) is 15.0 Å². The molecule has 12 heteroatoms. The van der Waals surface area contributed by atoms with Crippen LogP contribution in [0.5, 0.6) is 11.5 Å². The lowest BCUT2D eigenvalue weighted by Gasteiger charge is -2.41. The Morgan fingerprint density at radius 2 is 1.62 bits per heavy atom. The molecule has 37 heavy (non-hydrogen) atoms. The maximum atomic E-state index is 13.2. The van der Waals surface area contributed by atoms with Crippen molar-refractivity contribution in [2.45, 2.75) is 19.3 Å². The van der Waals surface area contributed by atoms with E-state index < -0.39 is 24.3 Å². The number of hydrogen-bond acceptors (Lipinski definition) is 6. The first-order chi connectivity index (χ1) is 17.8. The molecule has 3 aromatic carbocycles. The van der Waals surface area contributed by atoms with E-state index in [2.05, 4.69) is 15.8 Å². The Morgan fingerprint density at radius 1 is 1.00 bits per heavy atom. The molecule has 1 fully saturated rings. The van der Waals surface area contributed by atoms with Gasteiger partial charge in [0.25, 0.3) is 5.91 Å². The number of anilines is 1. The van der Waals surface area contributed by atoms with Gasteiger partial charge in [-0.1, -0.05) is 23.7 Å². The molecule has 10 nitrogen and oxygen atoms in total. The molecule has 0 radical (unpaired) electrons. The van der Waals surface area contributed by atoms with E-state index in [-0.39, 0.29) is 25.3 Å². The number of halogens is 2. The number of nitrogens with one attached hydrogen (secondary N) is 2. The van der Waals surface area contributed by atoms with Gasteiger partial charge in [0.15, 0.2) is 6.29 Å². The number of urea groups is 2. The van der Waals surface area contributed by atoms with E-state index in [9.17, 15) is 23.7 Å². The highest BCUT2D eigenvalue weighted by atomic mass is 35.5. The first-order valence-electron chi connectivity index (χ1n) is 11.1. The van der Waals surface area contributed by atoms with E-state index >= 15 is 0 Å². The summed E-state index contributed by atoms with van der Waals surface area (Å²) in [5.74, 6) is -0.374. The van der Waals surface area contributed by atoms with Gasteiger partial charge < -0.3 is 10.1 Å². The van der Waals surface area contributed by atoms with Crippen molar-refractivity contribution in [2.24, 2.45) is 5.18 Å². The summed E-state index contributed by atoms with van der Waals surface area (Å²) in [6.45, 7) is -0.190. The topological polar surface area (TPSA) is 120 Å². The van der Waals surface area contributed by atoms with Gasteiger partial charge in [-0.2, -0.15) is 0 Å². The van der Waals surface area contributed by atoms with Crippen molar-refractivity contribution in [3.8, 4) is 11.5 Å². The Bertz CT molecular complexity index is 1290. The molecule has 4 rings (SSSR count). The third kappa shape index (κ3) is 6.58. The lowest BCUT2D eigenvalue weighted by atomic mass is 10.2. The van der Waals surface area contributed by atoms with Crippen LogP contribution in [0.4, 0.5) is 19.7 Å². The minimum absolute atomic E-state index is 0.107. The number of nitrogens with zero attached hydrogens (tertiary/aromatic N) is 3. The molecule has 0 aromatic heterocycles. The Morgan fingerprint density at radius 3 is 2.24 bits per heavy atom. The summed E-state index contributed by atoms with van der Waals surface area (Å²) in [5, 5.41) is 8.63. The second kappa shape index (κ2) is 11.5. The molecule has 1 heterocycles. The summed E-state index contributed by atoms with van der Waals surface area (Å²) in [5.41, 5.74) is 1.31. The molecule has 5 amide bonds. The molecule has 2 N–H and O–H groups in total. The van der Waals surface area contributed by atoms with Crippen LogP contribution in [0, 0.1) is 10.7 Å². The maximum Gasteiger partial charge on any atom is 0.331 e. The number of hydrogen-bond donors (Lipinski definition) is 2. The molecule has 1 aliphatic rings. The van der Waals surface area contributed by atoms with Gasteiger partial charge in [0.05, 0.1) is 13.0 Å². The van der Waals surface area contributed by atoms with Gasteiger partial charge in [-0.05, 0) is 66.2 Å². The fraction of sp³-hybridized carbons (Fsp3) is 0.160. The van der Waals surface area contributed by atoms with Gasteiger partial charge in [0.1, 0.15) is 17.3 Å². The van der Waals surface area contributed by atoms with E-state index in [1.165, 1.54) is 29.2 Å². The Balaban J connectivity index is 1.50. The maximum absolute atomic E-state index is 13.2. The molecule has 0 spiro atoms. The average Bonchev–Trinajstić information content (AvgIpc) is 2.89. The largest absolute Gasteiger partial charge is 0.457 e. The van der Waals surface area contributed by atoms with Crippen molar-refractivity contribution >= 4 is 35.3 Å². The number of amides is 5. The smallest absolute Gasteiger partial charge is 0.331 e. The molecule has 1 atom stereocenters. The van der Waals surface area contributed by atoms with Gasteiger partial charge in [-0.25, -0.2) is 18.9 Å². The fourth-order valence-corrected chi connectivity index (χ4v) is 3.68. The van der Waals surface area contributed by atoms with Crippen molar-refractivity contribution < 1.29 is 23.5 Å². The Hall–Kier alpha value is -4.51. The second-order valence-corrected chi connectivity index (χ2v) is 8.44. The molecule has 1 unspecified atom stereocenters. The molecule has 0 saturated carbocycles. The molecule has 1 aliphatic heterocycles. The molecule has 0 bridgehead atoms. The lowest BCUT2D eigenvalue weighted by molar-refractivity contribution is -0.118. The minimum Gasteiger partial charge on any atom is -0.457 e. The highest BCUT2D eigenvalue weighted by Crippen LogP contribution is 2.25. The Kier molecular flexibility index (Phi) is 7.94. The van der Waals surface area contributed by atoms with Crippen molar-refractivity contribution in [1.82, 2.24) is 15.1 Å². The number of rotatable bonds is 9.